The maximum Gasteiger partial charge on any atom is 0.166 e. The van der Waals surface area contributed by atoms with Gasteiger partial charge < -0.3 is 15.6 Å². The molecule has 2 unspecified atom stereocenters. The Morgan fingerprint density at radius 1 is 1.14 bits per heavy atom. The van der Waals surface area contributed by atoms with Gasteiger partial charge in [0, 0.05) is 35.0 Å². The maximum absolute atomic E-state index is 9.83. The number of nitrogens with zero attached hydrogens (tertiary/aromatic N) is 5. The van der Waals surface area contributed by atoms with Crippen LogP contribution in [0, 0.1) is 11.8 Å². The van der Waals surface area contributed by atoms with Gasteiger partial charge in [-0.3, -0.25) is 9.91 Å². The molecule has 0 radical (unpaired) electrons. The summed E-state index contributed by atoms with van der Waals surface area (Å²) < 4.78 is 6.02. The highest BCUT2D eigenvalue weighted by Gasteiger charge is 2.27. The third-order valence-electron chi connectivity index (χ3n) is 6.25. The van der Waals surface area contributed by atoms with E-state index < -0.39 is 5.60 Å². The van der Waals surface area contributed by atoms with Gasteiger partial charge in [0.15, 0.2) is 11.6 Å². The van der Waals surface area contributed by atoms with Crippen LogP contribution in [0.2, 0.25) is 0 Å². The van der Waals surface area contributed by atoms with Crippen molar-refractivity contribution in [2.45, 2.75) is 52.0 Å². The zero-order valence-electron chi connectivity index (χ0n) is 21.1. The molecule has 1 saturated heterocycles. The van der Waals surface area contributed by atoms with Crippen molar-refractivity contribution >= 4 is 5.82 Å². The average Bonchev–Trinajstić information content (AvgIpc) is 3.31. The number of hydrogen-bond donors (Lipinski definition) is 2. The molecule has 0 amide bonds. The summed E-state index contributed by atoms with van der Waals surface area (Å²) in [4.78, 5) is 8.66. The highest BCUT2D eigenvalue weighted by Crippen LogP contribution is 2.28. The Bertz CT molecular complexity index is 1220. The van der Waals surface area contributed by atoms with Gasteiger partial charge in [-0.05, 0) is 58.5 Å². The Hall–Kier alpha value is -3.54. The largest absolute Gasteiger partial charge is 0.485 e. The topological polar surface area (TPSA) is 92.7 Å². The molecule has 8 nitrogen and oxygen atoms in total. The van der Waals surface area contributed by atoms with E-state index >= 15 is 0 Å². The second-order valence-corrected chi connectivity index (χ2v) is 9.79. The predicted molar refractivity (Wildman–Crippen MR) is 138 cm³/mol. The number of piperazine rings is 1. The van der Waals surface area contributed by atoms with Crippen molar-refractivity contribution in [1.82, 2.24) is 19.8 Å². The van der Waals surface area contributed by atoms with Crippen LogP contribution in [0.5, 0.6) is 5.75 Å². The lowest BCUT2D eigenvalue weighted by atomic mass is 10.1. The number of pyridine rings is 1. The van der Waals surface area contributed by atoms with Gasteiger partial charge in [-0.1, -0.05) is 24.0 Å². The molecular formula is C27H34N6O2. The number of benzene rings is 1. The summed E-state index contributed by atoms with van der Waals surface area (Å²) in [5.74, 6) is 6.67. The molecule has 2 atom stereocenters. The van der Waals surface area contributed by atoms with Gasteiger partial charge in [0.25, 0.3) is 0 Å². The number of aliphatic hydroxyl groups is 1. The van der Waals surface area contributed by atoms with Crippen LogP contribution < -0.4 is 15.5 Å². The first-order chi connectivity index (χ1) is 16.6. The second kappa shape index (κ2) is 9.98. The van der Waals surface area contributed by atoms with E-state index in [1.807, 2.05) is 47.5 Å². The van der Waals surface area contributed by atoms with Crippen LogP contribution >= 0.6 is 0 Å². The third kappa shape index (κ3) is 6.13. The smallest absolute Gasteiger partial charge is 0.166 e. The van der Waals surface area contributed by atoms with Crippen molar-refractivity contribution in [3.63, 3.8) is 0 Å². The van der Waals surface area contributed by atoms with Gasteiger partial charge in [-0.2, -0.15) is 9.89 Å². The SMILES string of the molecule is CC1CN(n2cc(-c3cnc(N)c(OCc4cccc(C#CC(C)(C)O)c4)c3)cn2)CC(C)N1C. The monoisotopic (exact) mass is 474 g/mol. The molecule has 1 aliphatic heterocycles. The quantitative estimate of drug-likeness (QED) is 0.549. The average molecular weight is 475 g/mol. The normalized spacial score (nSPS) is 18.7. The molecule has 184 valence electrons. The molecule has 35 heavy (non-hydrogen) atoms. The number of rotatable bonds is 5. The number of hydrogen-bond acceptors (Lipinski definition) is 7. The second-order valence-electron chi connectivity index (χ2n) is 9.79. The Labute approximate surface area is 207 Å². The molecular weight excluding hydrogens is 440 g/mol. The van der Waals surface area contributed by atoms with Crippen LogP contribution in [0.25, 0.3) is 11.1 Å². The van der Waals surface area contributed by atoms with Crippen LogP contribution in [0.15, 0.2) is 48.9 Å². The predicted octanol–water partition coefficient (Wildman–Crippen LogP) is 2.89. The summed E-state index contributed by atoms with van der Waals surface area (Å²) in [6.07, 6.45) is 5.60. The third-order valence-corrected chi connectivity index (χ3v) is 6.25. The maximum atomic E-state index is 9.83. The standard InChI is InChI=1S/C27H34N6O2/c1-19-15-32(16-20(2)31(19)5)33-17-24(14-30-33)23-12-25(26(28)29-13-23)35-18-22-8-6-7-21(11-22)9-10-27(3,4)34/h6-8,11-14,17,19-20,34H,15-16,18H2,1-5H3,(H2,28,29). The zero-order chi connectivity index (χ0) is 25.2. The van der Waals surface area contributed by atoms with E-state index in [2.05, 4.69) is 52.7 Å². The van der Waals surface area contributed by atoms with E-state index in [1.165, 1.54) is 0 Å². The molecule has 0 aliphatic carbocycles. The number of likely N-dealkylation sites (N-methyl/N-ethyl adjacent to an activating group) is 1. The summed E-state index contributed by atoms with van der Waals surface area (Å²) >= 11 is 0. The minimum absolute atomic E-state index is 0.323. The molecule has 0 saturated carbocycles. The van der Waals surface area contributed by atoms with E-state index in [-0.39, 0.29) is 0 Å². The fraction of sp³-hybridized carbons (Fsp3) is 0.407. The molecule has 8 heteroatoms. The number of nitrogen functional groups attached to an aromatic ring is 1. The molecule has 3 N–H and O–H groups in total. The molecule has 0 spiro atoms. The fourth-order valence-electron chi connectivity index (χ4n) is 4.01. The van der Waals surface area contributed by atoms with Crippen LogP contribution in [0.3, 0.4) is 0 Å². The van der Waals surface area contributed by atoms with Crippen LogP contribution in [0.4, 0.5) is 5.82 Å². The lowest BCUT2D eigenvalue weighted by Gasteiger charge is -2.42. The first-order valence-electron chi connectivity index (χ1n) is 11.8. The van der Waals surface area contributed by atoms with Gasteiger partial charge >= 0.3 is 0 Å². The molecule has 0 bridgehead atoms. The Balaban J connectivity index is 1.47. The highest BCUT2D eigenvalue weighted by molar-refractivity contribution is 5.65. The summed E-state index contributed by atoms with van der Waals surface area (Å²) in [7, 11) is 2.17. The number of nitrogens with two attached hydrogens (primary N) is 1. The van der Waals surface area contributed by atoms with Gasteiger partial charge in [0.1, 0.15) is 12.2 Å². The summed E-state index contributed by atoms with van der Waals surface area (Å²) in [6.45, 7) is 9.93. The van der Waals surface area contributed by atoms with E-state index in [1.54, 1.807) is 20.0 Å². The van der Waals surface area contributed by atoms with Crippen molar-refractivity contribution in [2.75, 3.05) is 30.9 Å². The van der Waals surface area contributed by atoms with E-state index in [0.717, 1.165) is 35.3 Å². The Kier molecular flexibility index (Phi) is 7.01. The van der Waals surface area contributed by atoms with Gasteiger partial charge in [-0.25, -0.2) is 4.98 Å². The molecule has 1 aliphatic rings. The van der Waals surface area contributed by atoms with Crippen molar-refractivity contribution in [3.05, 3.63) is 60.0 Å². The van der Waals surface area contributed by atoms with Crippen LogP contribution in [-0.4, -0.2) is 62.7 Å². The summed E-state index contributed by atoms with van der Waals surface area (Å²) in [5.41, 5.74) is 8.66. The minimum Gasteiger partial charge on any atom is -0.485 e. The highest BCUT2D eigenvalue weighted by atomic mass is 16.5. The first-order valence-corrected chi connectivity index (χ1v) is 11.8. The Morgan fingerprint density at radius 3 is 2.60 bits per heavy atom. The molecule has 2 aromatic heterocycles. The molecule has 1 aromatic carbocycles. The van der Waals surface area contributed by atoms with Crippen molar-refractivity contribution in [2.24, 2.45) is 0 Å². The minimum atomic E-state index is -1.04. The van der Waals surface area contributed by atoms with Gasteiger partial charge in [0.05, 0.1) is 25.5 Å². The van der Waals surface area contributed by atoms with Crippen molar-refractivity contribution in [1.29, 1.82) is 0 Å². The van der Waals surface area contributed by atoms with E-state index in [0.29, 0.717) is 30.3 Å². The van der Waals surface area contributed by atoms with Crippen LogP contribution in [-0.2, 0) is 6.61 Å². The van der Waals surface area contributed by atoms with E-state index in [9.17, 15) is 5.11 Å². The number of anilines is 1. The van der Waals surface area contributed by atoms with Crippen molar-refractivity contribution in [3.8, 4) is 28.7 Å². The molecule has 3 heterocycles. The van der Waals surface area contributed by atoms with E-state index in [4.69, 9.17) is 10.5 Å². The lowest BCUT2D eigenvalue weighted by Crippen LogP contribution is -2.58. The molecule has 3 aromatic rings. The lowest BCUT2D eigenvalue weighted by molar-refractivity contribution is 0.143. The fourth-order valence-corrected chi connectivity index (χ4v) is 4.01. The number of ether oxygens (including phenoxy) is 1. The first kappa shape index (κ1) is 24.6. The summed E-state index contributed by atoms with van der Waals surface area (Å²) in [5, 5.41) is 16.7. The van der Waals surface area contributed by atoms with Gasteiger partial charge in [-0.15, -0.1) is 0 Å². The Morgan fingerprint density at radius 2 is 1.89 bits per heavy atom. The van der Waals surface area contributed by atoms with Crippen LogP contribution in [0.1, 0.15) is 38.8 Å². The molecule has 1 fully saturated rings. The van der Waals surface area contributed by atoms with Gasteiger partial charge in [0.2, 0.25) is 0 Å². The molecule has 4 rings (SSSR count). The number of aromatic nitrogens is 3. The van der Waals surface area contributed by atoms with Crippen molar-refractivity contribution < 1.29 is 9.84 Å². The zero-order valence-corrected chi connectivity index (χ0v) is 21.1. The summed E-state index contributed by atoms with van der Waals surface area (Å²) in [6, 6.07) is 10.5.